The molecule has 11 aromatic rings. The lowest BCUT2D eigenvalue weighted by Gasteiger charge is -2.12. The number of aromatic nitrogens is 3. The summed E-state index contributed by atoms with van der Waals surface area (Å²) < 4.78 is 5.03. The van der Waals surface area contributed by atoms with Gasteiger partial charge in [-0.15, -0.1) is 11.3 Å². The van der Waals surface area contributed by atoms with E-state index in [-0.39, 0.29) is 0 Å². The summed E-state index contributed by atoms with van der Waals surface area (Å²) in [4.78, 5) is 10.5. The quantitative estimate of drug-likeness (QED) is 0.170. The van der Waals surface area contributed by atoms with Crippen molar-refractivity contribution in [3.63, 3.8) is 0 Å². The summed E-state index contributed by atoms with van der Waals surface area (Å²) in [6.45, 7) is 0. The van der Waals surface area contributed by atoms with Crippen molar-refractivity contribution < 1.29 is 0 Å². The van der Waals surface area contributed by atoms with Gasteiger partial charge < -0.3 is 4.57 Å². The molecule has 0 radical (unpaired) electrons. The molecule has 0 saturated carbocycles. The Morgan fingerprint density at radius 1 is 0.375 bits per heavy atom. The summed E-state index contributed by atoms with van der Waals surface area (Å²) in [5.41, 5.74) is 13.1. The Kier molecular flexibility index (Phi) is 7.68. The van der Waals surface area contributed by atoms with Crippen LogP contribution in [0, 0.1) is 0 Å². The molecular formula is C52H33N3S. The van der Waals surface area contributed by atoms with E-state index in [9.17, 15) is 0 Å². The fourth-order valence-corrected chi connectivity index (χ4v) is 9.38. The number of hydrogen-bond acceptors (Lipinski definition) is 3. The fourth-order valence-electron chi connectivity index (χ4n) is 8.17. The molecule has 3 nitrogen and oxygen atoms in total. The van der Waals surface area contributed by atoms with Crippen LogP contribution in [0.1, 0.15) is 0 Å². The van der Waals surface area contributed by atoms with Gasteiger partial charge in [0.15, 0.2) is 5.82 Å². The van der Waals surface area contributed by atoms with Gasteiger partial charge in [-0.3, -0.25) is 0 Å². The Morgan fingerprint density at radius 2 is 0.911 bits per heavy atom. The summed E-state index contributed by atoms with van der Waals surface area (Å²) >= 11 is 1.86. The second-order valence-corrected chi connectivity index (χ2v) is 15.2. The molecule has 0 amide bonds. The first-order valence-electron chi connectivity index (χ1n) is 18.9. The number of nitrogens with zero attached hydrogens (tertiary/aromatic N) is 3. The normalized spacial score (nSPS) is 11.6. The van der Waals surface area contributed by atoms with Crippen molar-refractivity contribution >= 4 is 53.3 Å². The van der Waals surface area contributed by atoms with Crippen LogP contribution in [0.3, 0.4) is 0 Å². The summed E-state index contributed by atoms with van der Waals surface area (Å²) in [5, 5.41) is 4.96. The first-order chi connectivity index (χ1) is 27.8. The van der Waals surface area contributed by atoms with Crippen LogP contribution in [0.4, 0.5) is 0 Å². The van der Waals surface area contributed by atoms with Gasteiger partial charge in [-0.1, -0.05) is 170 Å². The molecule has 0 bridgehead atoms. The largest absolute Gasteiger partial charge is 0.308 e. The second kappa shape index (κ2) is 13.3. The number of para-hydroxylation sites is 1. The van der Waals surface area contributed by atoms with E-state index in [0.717, 1.165) is 39.2 Å². The number of fused-ring (bicyclic) bond motifs is 6. The molecule has 0 saturated heterocycles. The molecule has 0 N–H and O–H groups in total. The molecule has 0 atom stereocenters. The predicted molar refractivity (Wildman–Crippen MR) is 236 cm³/mol. The molecule has 3 aromatic heterocycles. The molecule has 262 valence electrons. The Labute approximate surface area is 328 Å². The van der Waals surface area contributed by atoms with Crippen LogP contribution in [0.15, 0.2) is 200 Å². The Bertz CT molecular complexity index is 3220. The van der Waals surface area contributed by atoms with Gasteiger partial charge >= 0.3 is 0 Å². The van der Waals surface area contributed by atoms with E-state index < -0.39 is 0 Å². The third-order valence-electron chi connectivity index (χ3n) is 10.9. The first-order valence-corrected chi connectivity index (χ1v) is 19.7. The summed E-state index contributed by atoms with van der Waals surface area (Å²) in [6, 6.07) is 71.3. The molecule has 0 aliphatic heterocycles. The second-order valence-electron chi connectivity index (χ2n) is 14.2. The Morgan fingerprint density at radius 3 is 1.64 bits per heavy atom. The molecular weight excluding hydrogens is 699 g/mol. The van der Waals surface area contributed by atoms with E-state index in [0.29, 0.717) is 5.82 Å². The topological polar surface area (TPSA) is 30.7 Å². The van der Waals surface area contributed by atoms with Crippen LogP contribution in [-0.2, 0) is 0 Å². The van der Waals surface area contributed by atoms with Crippen molar-refractivity contribution in [2.75, 3.05) is 0 Å². The smallest absolute Gasteiger partial charge is 0.160 e. The van der Waals surface area contributed by atoms with E-state index in [2.05, 4.69) is 199 Å². The number of rotatable bonds is 6. The van der Waals surface area contributed by atoms with Gasteiger partial charge in [0.25, 0.3) is 0 Å². The molecule has 11 rings (SSSR count). The monoisotopic (exact) mass is 731 g/mol. The van der Waals surface area contributed by atoms with Crippen molar-refractivity contribution in [2.24, 2.45) is 0 Å². The fraction of sp³-hybridized carbons (Fsp3) is 0. The van der Waals surface area contributed by atoms with E-state index >= 15 is 0 Å². The highest BCUT2D eigenvalue weighted by Crippen LogP contribution is 2.43. The third kappa shape index (κ3) is 5.42. The van der Waals surface area contributed by atoms with Gasteiger partial charge in [-0.2, -0.15) is 0 Å². The maximum absolute atomic E-state index is 5.35. The number of benzene rings is 8. The van der Waals surface area contributed by atoms with Crippen molar-refractivity contribution in [3.05, 3.63) is 200 Å². The van der Waals surface area contributed by atoms with E-state index in [1.165, 1.54) is 58.8 Å². The van der Waals surface area contributed by atoms with Crippen molar-refractivity contribution in [2.45, 2.75) is 0 Å². The molecule has 0 aliphatic carbocycles. The van der Waals surface area contributed by atoms with E-state index in [1.54, 1.807) is 0 Å². The molecule has 3 heterocycles. The van der Waals surface area contributed by atoms with Gasteiger partial charge in [0.2, 0.25) is 0 Å². The lowest BCUT2D eigenvalue weighted by molar-refractivity contribution is 1.18. The standard InChI is InChI=1S/C52H33N3S/c1-3-13-34(14-4-1)35-25-27-36(28-26-35)37-29-31-39(32-30-37)52-53-44(38-15-5-2-6-16-38)33-45(54-52)42-20-12-22-47-50(42)43-18-7-9-21-46(43)55(47)48-23-11-19-41-40-17-8-10-24-49(40)56-51(41)48/h1-33H. The predicted octanol–water partition coefficient (Wildman–Crippen LogP) is 14.3. The van der Waals surface area contributed by atoms with E-state index in [1.807, 2.05) is 17.4 Å². The Balaban J connectivity index is 1.07. The zero-order chi connectivity index (χ0) is 37.0. The van der Waals surface area contributed by atoms with Gasteiger partial charge in [0.1, 0.15) is 0 Å². The average molecular weight is 732 g/mol. The van der Waals surface area contributed by atoms with Crippen LogP contribution in [0.25, 0.3) is 104 Å². The SMILES string of the molecule is c1ccc(-c2ccc(-c3ccc(-c4nc(-c5ccccc5)cc(-c5cccc6c5c5ccccc5n6-c5cccc6c5sc5ccccc56)n4)cc3)cc2)cc1. The third-order valence-corrected chi connectivity index (χ3v) is 12.1. The van der Waals surface area contributed by atoms with Crippen LogP contribution < -0.4 is 0 Å². The number of thiophene rings is 1. The summed E-state index contributed by atoms with van der Waals surface area (Å²) in [7, 11) is 0. The Hall–Kier alpha value is -7.14. The van der Waals surface area contributed by atoms with Gasteiger partial charge in [0.05, 0.1) is 32.8 Å². The van der Waals surface area contributed by atoms with Gasteiger partial charge in [-0.05, 0) is 52.6 Å². The lowest BCUT2D eigenvalue weighted by atomic mass is 9.99. The average Bonchev–Trinajstić information content (AvgIpc) is 3.83. The minimum Gasteiger partial charge on any atom is -0.308 e. The molecule has 0 unspecified atom stereocenters. The lowest BCUT2D eigenvalue weighted by Crippen LogP contribution is -1.97. The highest BCUT2D eigenvalue weighted by molar-refractivity contribution is 7.26. The van der Waals surface area contributed by atoms with Crippen molar-refractivity contribution in [1.82, 2.24) is 14.5 Å². The zero-order valence-corrected chi connectivity index (χ0v) is 31.1. The molecule has 0 aliphatic rings. The maximum atomic E-state index is 5.35. The van der Waals surface area contributed by atoms with Crippen LogP contribution in [0.5, 0.6) is 0 Å². The minimum atomic E-state index is 0.697. The summed E-state index contributed by atoms with van der Waals surface area (Å²) in [5.74, 6) is 0.697. The zero-order valence-electron chi connectivity index (χ0n) is 30.3. The van der Waals surface area contributed by atoms with Crippen molar-refractivity contribution in [3.8, 4) is 61.8 Å². The highest BCUT2D eigenvalue weighted by Gasteiger charge is 2.20. The van der Waals surface area contributed by atoms with Crippen LogP contribution in [0.2, 0.25) is 0 Å². The molecule has 8 aromatic carbocycles. The molecule has 0 fully saturated rings. The highest BCUT2D eigenvalue weighted by atomic mass is 32.1. The molecule has 0 spiro atoms. The minimum absolute atomic E-state index is 0.697. The van der Waals surface area contributed by atoms with Crippen LogP contribution >= 0.6 is 11.3 Å². The molecule has 56 heavy (non-hydrogen) atoms. The van der Waals surface area contributed by atoms with Crippen molar-refractivity contribution in [1.29, 1.82) is 0 Å². The van der Waals surface area contributed by atoms with Gasteiger partial charge in [-0.25, -0.2) is 9.97 Å². The first kappa shape index (κ1) is 32.3. The number of hydrogen-bond donors (Lipinski definition) is 0. The van der Waals surface area contributed by atoms with E-state index in [4.69, 9.17) is 9.97 Å². The van der Waals surface area contributed by atoms with Crippen LogP contribution in [-0.4, -0.2) is 14.5 Å². The maximum Gasteiger partial charge on any atom is 0.160 e. The summed E-state index contributed by atoms with van der Waals surface area (Å²) in [6.07, 6.45) is 0. The van der Waals surface area contributed by atoms with Gasteiger partial charge in [0, 0.05) is 42.9 Å². The molecule has 4 heteroatoms.